The van der Waals surface area contributed by atoms with Crippen LogP contribution in [0.4, 0.5) is 0 Å². The number of nitrogens with zero attached hydrogens (tertiary/aromatic N) is 1. The summed E-state index contributed by atoms with van der Waals surface area (Å²) in [4.78, 5) is 4.67. The Morgan fingerprint density at radius 3 is 2.62 bits per heavy atom. The maximum absolute atomic E-state index is 10.6. The van der Waals surface area contributed by atoms with E-state index >= 15 is 0 Å². The Hall–Kier alpha value is -0.770. The van der Waals surface area contributed by atoms with Crippen LogP contribution in [-0.4, -0.2) is 35.8 Å². The molecule has 2 unspecified atom stereocenters. The zero-order chi connectivity index (χ0) is 15.1. The van der Waals surface area contributed by atoms with Gasteiger partial charge in [-0.2, -0.15) is 0 Å². The van der Waals surface area contributed by atoms with E-state index < -0.39 is 5.60 Å². The SMILES string of the molecule is CCNC(=NCC1(O)CCCCC1)NC1CCCC(C)C1. The van der Waals surface area contributed by atoms with Crippen LogP contribution in [0, 0.1) is 5.92 Å². The largest absolute Gasteiger partial charge is 0.388 e. The van der Waals surface area contributed by atoms with Gasteiger partial charge in [0, 0.05) is 12.6 Å². The van der Waals surface area contributed by atoms with Crippen LogP contribution in [0.15, 0.2) is 4.99 Å². The third-order valence-corrected chi connectivity index (χ3v) is 4.94. The van der Waals surface area contributed by atoms with Crippen molar-refractivity contribution in [1.82, 2.24) is 10.6 Å². The highest BCUT2D eigenvalue weighted by atomic mass is 16.3. The molecule has 0 radical (unpaired) electrons. The molecule has 2 aliphatic carbocycles. The van der Waals surface area contributed by atoms with Gasteiger partial charge in [0.25, 0.3) is 0 Å². The van der Waals surface area contributed by atoms with Gasteiger partial charge >= 0.3 is 0 Å². The van der Waals surface area contributed by atoms with Gasteiger partial charge in [-0.05, 0) is 38.5 Å². The van der Waals surface area contributed by atoms with Crippen molar-refractivity contribution in [1.29, 1.82) is 0 Å². The molecule has 4 heteroatoms. The second-order valence-electron chi connectivity index (χ2n) is 7.09. The molecule has 2 aliphatic rings. The Balaban J connectivity index is 1.89. The molecule has 0 bridgehead atoms. The lowest BCUT2D eigenvalue weighted by Gasteiger charge is -2.32. The first-order valence-electron chi connectivity index (χ1n) is 8.88. The van der Waals surface area contributed by atoms with E-state index in [0.29, 0.717) is 12.6 Å². The molecule has 122 valence electrons. The van der Waals surface area contributed by atoms with Crippen molar-refractivity contribution in [2.75, 3.05) is 13.1 Å². The average Bonchev–Trinajstić information content (AvgIpc) is 2.46. The van der Waals surface area contributed by atoms with Crippen LogP contribution in [0.5, 0.6) is 0 Å². The fourth-order valence-corrected chi connectivity index (χ4v) is 3.67. The third kappa shape index (κ3) is 5.50. The molecule has 2 fully saturated rings. The molecule has 0 saturated heterocycles. The lowest BCUT2D eigenvalue weighted by Crippen LogP contribution is -2.46. The first kappa shape index (κ1) is 16.6. The quantitative estimate of drug-likeness (QED) is 0.552. The van der Waals surface area contributed by atoms with Crippen LogP contribution in [0.3, 0.4) is 0 Å². The Morgan fingerprint density at radius 2 is 1.95 bits per heavy atom. The topological polar surface area (TPSA) is 56.7 Å². The van der Waals surface area contributed by atoms with Gasteiger partial charge in [-0.1, -0.05) is 39.0 Å². The van der Waals surface area contributed by atoms with Gasteiger partial charge in [-0.15, -0.1) is 0 Å². The number of guanidine groups is 1. The number of hydrogen-bond donors (Lipinski definition) is 3. The third-order valence-electron chi connectivity index (χ3n) is 4.94. The smallest absolute Gasteiger partial charge is 0.191 e. The Morgan fingerprint density at radius 1 is 1.19 bits per heavy atom. The van der Waals surface area contributed by atoms with Gasteiger partial charge in [0.05, 0.1) is 12.1 Å². The van der Waals surface area contributed by atoms with Gasteiger partial charge < -0.3 is 15.7 Å². The highest BCUT2D eigenvalue weighted by molar-refractivity contribution is 5.80. The van der Waals surface area contributed by atoms with Crippen molar-refractivity contribution in [3.8, 4) is 0 Å². The normalized spacial score (nSPS) is 30.0. The van der Waals surface area contributed by atoms with E-state index in [-0.39, 0.29) is 0 Å². The maximum atomic E-state index is 10.6. The summed E-state index contributed by atoms with van der Waals surface area (Å²) in [6.07, 6.45) is 10.4. The van der Waals surface area contributed by atoms with Crippen LogP contribution in [0.25, 0.3) is 0 Å². The van der Waals surface area contributed by atoms with Crippen LogP contribution in [-0.2, 0) is 0 Å². The van der Waals surface area contributed by atoms with Crippen LogP contribution >= 0.6 is 0 Å². The number of nitrogens with one attached hydrogen (secondary N) is 2. The fraction of sp³-hybridized carbons (Fsp3) is 0.941. The molecule has 2 rings (SSSR count). The lowest BCUT2D eigenvalue weighted by atomic mass is 9.85. The second-order valence-corrected chi connectivity index (χ2v) is 7.09. The summed E-state index contributed by atoms with van der Waals surface area (Å²) < 4.78 is 0. The zero-order valence-electron chi connectivity index (χ0n) is 13.8. The Labute approximate surface area is 129 Å². The number of hydrogen-bond acceptors (Lipinski definition) is 2. The molecular weight excluding hydrogens is 262 g/mol. The van der Waals surface area contributed by atoms with Gasteiger partial charge in [0.15, 0.2) is 5.96 Å². The number of aliphatic hydroxyl groups is 1. The van der Waals surface area contributed by atoms with Crippen molar-refractivity contribution in [2.45, 2.75) is 83.3 Å². The summed E-state index contributed by atoms with van der Waals surface area (Å²) >= 11 is 0. The standard InChI is InChI=1S/C17H33N3O/c1-3-18-16(20-15-9-7-8-14(2)12-15)19-13-17(21)10-5-4-6-11-17/h14-15,21H,3-13H2,1-2H3,(H2,18,19,20). The van der Waals surface area contributed by atoms with Crippen molar-refractivity contribution in [3.63, 3.8) is 0 Å². The minimum atomic E-state index is -0.569. The Bertz CT molecular complexity index is 337. The van der Waals surface area contributed by atoms with E-state index in [1.807, 2.05) is 0 Å². The summed E-state index contributed by atoms with van der Waals surface area (Å²) in [6, 6.07) is 0.535. The number of aliphatic imine (C=N–C) groups is 1. The summed E-state index contributed by atoms with van der Waals surface area (Å²) in [7, 11) is 0. The predicted octanol–water partition coefficient (Wildman–Crippen LogP) is 2.82. The van der Waals surface area contributed by atoms with Crippen molar-refractivity contribution >= 4 is 5.96 Å². The lowest BCUT2D eigenvalue weighted by molar-refractivity contribution is 0.0131. The molecule has 2 atom stereocenters. The van der Waals surface area contributed by atoms with E-state index in [0.717, 1.165) is 44.1 Å². The van der Waals surface area contributed by atoms with E-state index in [4.69, 9.17) is 0 Å². The molecule has 0 aromatic heterocycles. The molecule has 4 nitrogen and oxygen atoms in total. The molecule has 2 saturated carbocycles. The predicted molar refractivity (Wildman–Crippen MR) is 88.6 cm³/mol. The van der Waals surface area contributed by atoms with Crippen molar-refractivity contribution < 1.29 is 5.11 Å². The van der Waals surface area contributed by atoms with Crippen molar-refractivity contribution in [2.24, 2.45) is 10.9 Å². The summed E-state index contributed by atoms with van der Waals surface area (Å²) in [5, 5.41) is 17.5. The molecule has 0 aromatic carbocycles. The monoisotopic (exact) mass is 295 g/mol. The van der Waals surface area contributed by atoms with Gasteiger partial charge in [0.2, 0.25) is 0 Å². The molecule has 0 spiro atoms. The minimum Gasteiger partial charge on any atom is -0.388 e. The fourth-order valence-electron chi connectivity index (χ4n) is 3.67. The first-order chi connectivity index (χ1) is 10.1. The second kappa shape index (κ2) is 8.02. The van der Waals surface area contributed by atoms with Crippen LogP contribution < -0.4 is 10.6 Å². The molecule has 0 amide bonds. The van der Waals surface area contributed by atoms with E-state index in [1.54, 1.807) is 0 Å². The first-order valence-corrected chi connectivity index (χ1v) is 8.88. The average molecular weight is 295 g/mol. The zero-order valence-corrected chi connectivity index (χ0v) is 13.8. The molecule has 0 aromatic rings. The van der Waals surface area contributed by atoms with E-state index in [1.165, 1.54) is 32.1 Å². The molecule has 0 heterocycles. The van der Waals surface area contributed by atoms with Gasteiger partial charge in [0.1, 0.15) is 0 Å². The summed E-state index contributed by atoms with van der Waals surface area (Å²) in [5.41, 5.74) is -0.569. The Kier molecular flexibility index (Phi) is 6.34. The highest BCUT2D eigenvalue weighted by Gasteiger charge is 2.29. The number of rotatable bonds is 4. The molecule has 21 heavy (non-hydrogen) atoms. The van der Waals surface area contributed by atoms with Crippen LogP contribution in [0.1, 0.15) is 71.6 Å². The van der Waals surface area contributed by atoms with Gasteiger partial charge in [-0.3, -0.25) is 4.99 Å². The molecular formula is C17H33N3O. The molecule has 3 N–H and O–H groups in total. The summed E-state index contributed by atoms with van der Waals surface area (Å²) in [6.45, 7) is 5.83. The maximum Gasteiger partial charge on any atom is 0.191 e. The molecule has 0 aliphatic heterocycles. The van der Waals surface area contributed by atoms with Crippen molar-refractivity contribution in [3.05, 3.63) is 0 Å². The summed E-state index contributed by atoms with van der Waals surface area (Å²) in [5.74, 6) is 1.69. The minimum absolute atomic E-state index is 0.532. The van der Waals surface area contributed by atoms with E-state index in [2.05, 4.69) is 29.5 Å². The van der Waals surface area contributed by atoms with E-state index in [9.17, 15) is 5.11 Å². The van der Waals surface area contributed by atoms with Crippen LogP contribution in [0.2, 0.25) is 0 Å². The highest BCUT2D eigenvalue weighted by Crippen LogP contribution is 2.28. The van der Waals surface area contributed by atoms with Gasteiger partial charge in [-0.25, -0.2) is 0 Å².